The maximum atomic E-state index is 12.4. The predicted octanol–water partition coefficient (Wildman–Crippen LogP) is 2.06. The van der Waals surface area contributed by atoms with Crippen molar-refractivity contribution in [1.29, 1.82) is 0 Å². The van der Waals surface area contributed by atoms with Crippen molar-refractivity contribution in [3.8, 4) is 5.75 Å². The lowest BCUT2D eigenvalue weighted by molar-refractivity contribution is -0.274. The first-order chi connectivity index (χ1) is 14.2. The second kappa shape index (κ2) is 9.46. The van der Waals surface area contributed by atoms with Crippen LogP contribution < -0.4 is 10.1 Å². The van der Waals surface area contributed by atoms with Gasteiger partial charge in [-0.15, -0.1) is 24.5 Å². The van der Waals surface area contributed by atoms with Gasteiger partial charge in [0.25, 0.3) is 0 Å². The van der Waals surface area contributed by atoms with Gasteiger partial charge in [-0.3, -0.25) is 9.69 Å². The molecule has 1 aromatic carbocycles. The van der Waals surface area contributed by atoms with Crippen LogP contribution in [0.5, 0.6) is 5.75 Å². The molecule has 1 saturated heterocycles. The molecule has 1 amide bonds. The minimum atomic E-state index is -4.75. The van der Waals surface area contributed by atoms with Crippen LogP contribution in [0.4, 0.5) is 13.2 Å². The molecule has 2 aromatic rings. The van der Waals surface area contributed by atoms with Gasteiger partial charge >= 0.3 is 6.36 Å². The number of aromatic nitrogens is 1. The van der Waals surface area contributed by atoms with Gasteiger partial charge in [0.05, 0.1) is 40.0 Å². The molecule has 3 N–H and O–H groups in total. The zero-order chi connectivity index (χ0) is 21.9. The Morgan fingerprint density at radius 1 is 1.43 bits per heavy atom. The number of ether oxygens (including phenoxy) is 1. The van der Waals surface area contributed by atoms with Gasteiger partial charge in [-0.05, 0) is 25.1 Å². The summed E-state index contributed by atoms with van der Waals surface area (Å²) >= 11 is 1.40. The van der Waals surface area contributed by atoms with Crippen molar-refractivity contribution in [2.75, 3.05) is 19.7 Å². The van der Waals surface area contributed by atoms with Crippen LogP contribution in [0, 0.1) is 0 Å². The smallest absolute Gasteiger partial charge is 0.406 e. The third kappa shape index (κ3) is 5.60. The summed E-state index contributed by atoms with van der Waals surface area (Å²) in [5.74, 6) is -0.454. The van der Waals surface area contributed by atoms with Gasteiger partial charge in [-0.1, -0.05) is 6.92 Å². The number of fused-ring (bicyclic) bond motifs is 1. The Kier molecular flexibility index (Phi) is 7.17. The molecule has 0 bridgehead atoms. The van der Waals surface area contributed by atoms with E-state index in [4.69, 9.17) is 0 Å². The van der Waals surface area contributed by atoms with E-state index in [1.165, 1.54) is 23.5 Å². The fourth-order valence-electron chi connectivity index (χ4n) is 3.59. The Morgan fingerprint density at radius 2 is 2.20 bits per heavy atom. The number of aliphatic hydroxyl groups excluding tert-OH is 2. The Morgan fingerprint density at radius 3 is 2.87 bits per heavy atom. The summed E-state index contributed by atoms with van der Waals surface area (Å²) in [5, 5.41) is 23.5. The number of benzene rings is 1. The van der Waals surface area contributed by atoms with Crippen LogP contribution in [-0.4, -0.2) is 70.3 Å². The summed E-state index contributed by atoms with van der Waals surface area (Å²) < 4.78 is 41.8. The first kappa shape index (κ1) is 22.7. The van der Waals surface area contributed by atoms with E-state index >= 15 is 0 Å². The highest BCUT2D eigenvalue weighted by Crippen LogP contribution is 2.30. The lowest BCUT2D eigenvalue weighted by atomic mass is 10.1. The van der Waals surface area contributed by atoms with Crippen molar-refractivity contribution < 1.29 is 32.9 Å². The maximum Gasteiger partial charge on any atom is 0.573 e. The van der Waals surface area contributed by atoms with Crippen LogP contribution in [0.25, 0.3) is 10.2 Å². The van der Waals surface area contributed by atoms with Crippen LogP contribution in [0.15, 0.2) is 18.2 Å². The van der Waals surface area contributed by atoms with Crippen molar-refractivity contribution in [3.05, 3.63) is 23.2 Å². The largest absolute Gasteiger partial charge is 0.573 e. The Hall–Kier alpha value is -1.95. The van der Waals surface area contributed by atoms with E-state index in [0.717, 1.165) is 9.71 Å². The second-order valence-electron chi connectivity index (χ2n) is 7.15. The van der Waals surface area contributed by atoms with E-state index in [-0.39, 0.29) is 18.3 Å². The molecule has 1 aliphatic rings. The number of aryl methyl sites for hydroxylation is 1. The van der Waals surface area contributed by atoms with Gasteiger partial charge in [0.15, 0.2) is 0 Å². The zero-order valence-corrected chi connectivity index (χ0v) is 17.2. The molecule has 0 radical (unpaired) electrons. The predicted molar refractivity (Wildman–Crippen MR) is 105 cm³/mol. The van der Waals surface area contributed by atoms with Gasteiger partial charge < -0.3 is 20.3 Å². The van der Waals surface area contributed by atoms with E-state index in [0.29, 0.717) is 37.9 Å². The first-order valence-electron chi connectivity index (χ1n) is 9.67. The Bertz CT molecular complexity index is 876. The average molecular weight is 447 g/mol. The number of hydrogen-bond donors (Lipinski definition) is 3. The Labute approximate surface area is 175 Å². The standard InChI is InChI=1S/C19H24F3N3O4S/c1-2-16(27)23-13-9-25(14(10-26)18(13)28)7-3-4-17-24-12-8-11(29-19(20,21)22)5-6-15(12)30-17/h5-6,8,13-14,18,26,28H,2-4,7,9-10H2,1H3,(H,23,27)/t13?,14-,18+/m0/s1. The summed E-state index contributed by atoms with van der Waals surface area (Å²) in [6, 6.07) is 3.20. The minimum absolute atomic E-state index is 0.152. The van der Waals surface area contributed by atoms with E-state index in [9.17, 15) is 28.2 Å². The highest BCUT2D eigenvalue weighted by Gasteiger charge is 2.40. The molecule has 7 nitrogen and oxygen atoms in total. The molecule has 166 valence electrons. The number of rotatable bonds is 8. The Balaban J connectivity index is 1.57. The molecule has 30 heavy (non-hydrogen) atoms. The van der Waals surface area contributed by atoms with Crippen molar-refractivity contribution >= 4 is 27.5 Å². The quantitative estimate of drug-likeness (QED) is 0.574. The molecular weight excluding hydrogens is 423 g/mol. The van der Waals surface area contributed by atoms with E-state index < -0.39 is 24.6 Å². The molecule has 1 fully saturated rings. The van der Waals surface area contributed by atoms with E-state index in [2.05, 4.69) is 15.0 Å². The number of aliphatic hydroxyl groups is 2. The third-order valence-corrected chi connectivity index (χ3v) is 6.13. The van der Waals surface area contributed by atoms with Crippen LogP contribution >= 0.6 is 11.3 Å². The minimum Gasteiger partial charge on any atom is -0.406 e. The number of carbonyl (C=O) groups excluding carboxylic acids is 1. The molecule has 3 atom stereocenters. The number of alkyl halides is 3. The number of halogens is 3. The topological polar surface area (TPSA) is 94.9 Å². The summed E-state index contributed by atoms with van der Waals surface area (Å²) in [5.41, 5.74) is 0.448. The molecule has 1 aromatic heterocycles. The molecule has 1 unspecified atom stereocenters. The summed E-state index contributed by atoms with van der Waals surface area (Å²) in [4.78, 5) is 17.9. The normalized spacial score (nSPS) is 22.5. The van der Waals surface area contributed by atoms with Gasteiger partial charge in [0.1, 0.15) is 5.75 Å². The van der Waals surface area contributed by atoms with Crippen LogP contribution in [0.3, 0.4) is 0 Å². The number of hydrogen-bond acceptors (Lipinski definition) is 7. The molecule has 11 heteroatoms. The third-order valence-electron chi connectivity index (χ3n) is 5.03. The molecule has 3 rings (SSSR count). The molecule has 2 heterocycles. The van der Waals surface area contributed by atoms with E-state index in [1.807, 2.05) is 4.90 Å². The highest BCUT2D eigenvalue weighted by atomic mass is 32.1. The fourth-order valence-corrected chi connectivity index (χ4v) is 4.58. The van der Waals surface area contributed by atoms with Crippen molar-refractivity contribution in [2.24, 2.45) is 0 Å². The fraction of sp³-hybridized carbons (Fsp3) is 0.579. The maximum absolute atomic E-state index is 12.4. The molecule has 0 aliphatic carbocycles. The molecule has 0 saturated carbocycles. The second-order valence-corrected chi connectivity index (χ2v) is 8.27. The monoisotopic (exact) mass is 447 g/mol. The number of carbonyl (C=O) groups is 1. The summed E-state index contributed by atoms with van der Waals surface area (Å²) in [6.45, 7) is 2.53. The number of likely N-dealkylation sites (tertiary alicyclic amines) is 1. The van der Waals surface area contributed by atoms with E-state index in [1.54, 1.807) is 13.0 Å². The van der Waals surface area contributed by atoms with Gasteiger partial charge in [0, 0.05) is 25.5 Å². The lowest BCUT2D eigenvalue weighted by Crippen LogP contribution is -2.45. The number of thiazole rings is 1. The number of amides is 1. The molecular formula is C19H24F3N3O4S. The van der Waals surface area contributed by atoms with Crippen molar-refractivity contribution in [3.63, 3.8) is 0 Å². The van der Waals surface area contributed by atoms with Crippen LogP contribution in [-0.2, 0) is 11.2 Å². The lowest BCUT2D eigenvalue weighted by Gasteiger charge is -2.23. The van der Waals surface area contributed by atoms with Crippen LogP contribution in [0.2, 0.25) is 0 Å². The zero-order valence-electron chi connectivity index (χ0n) is 16.4. The summed E-state index contributed by atoms with van der Waals surface area (Å²) in [6.07, 6.45) is -3.99. The van der Waals surface area contributed by atoms with Crippen molar-refractivity contribution in [2.45, 2.75) is 50.7 Å². The van der Waals surface area contributed by atoms with Gasteiger partial charge in [-0.2, -0.15) is 0 Å². The van der Waals surface area contributed by atoms with Gasteiger partial charge in [-0.25, -0.2) is 4.98 Å². The van der Waals surface area contributed by atoms with Crippen molar-refractivity contribution in [1.82, 2.24) is 15.2 Å². The number of nitrogens with one attached hydrogen (secondary N) is 1. The SMILES string of the molecule is CCC(=O)NC1CN(CCCc2nc3cc(OC(F)(F)F)ccc3s2)[C@@H](CO)[C@@H]1O. The van der Waals surface area contributed by atoms with Crippen LogP contribution in [0.1, 0.15) is 24.8 Å². The average Bonchev–Trinajstić information content (AvgIpc) is 3.20. The first-order valence-corrected chi connectivity index (χ1v) is 10.5. The number of nitrogens with zero attached hydrogens (tertiary/aromatic N) is 2. The van der Waals surface area contributed by atoms with Gasteiger partial charge in [0.2, 0.25) is 5.91 Å². The summed E-state index contributed by atoms with van der Waals surface area (Å²) in [7, 11) is 0. The highest BCUT2D eigenvalue weighted by molar-refractivity contribution is 7.18. The molecule has 1 aliphatic heterocycles. The molecule has 0 spiro atoms.